The Kier molecular flexibility index (Phi) is 2.59. The van der Waals surface area contributed by atoms with Crippen molar-refractivity contribution in [3.05, 3.63) is 24.0 Å². The van der Waals surface area contributed by atoms with Gasteiger partial charge in [-0.1, -0.05) is 0 Å². The first kappa shape index (κ1) is 10.3. The molecule has 4 nitrogen and oxygen atoms in total. The summed E-state index contributed by atoms with van der Waals surface area (Å²) in [6, 6.07) is 0.830. The minimum absolute atomic E-state index is 0.634. The summed E-state index contributed by atoms with van der Waals surface area (Å²) in [7, 11) is 0. The molecule has 76 valence electrons. The molecule has 0 amide bonds. The van der Waals surface area contributed by atoms with Crippen LogP contribution < -0.4 is 4.74 Å². The SMILES string of the molecule is O=C(O)c1cnccc1OC(F)(F)F. The highest BCUT2D eigenvalue weighted by molar-refractivity contribution is 5.90. The monoisotopic (exact) mass is 207 g/mol. The number of carboxylic acid groups (broad SMARTS) is 1. The minimum Gasteiger partial charge on any atom is -0.477 e. The fourth-order valence-corrected chi connectivity index (χ4v) is 0.756. The lowest BCUT2D eigenvalue weighted by atomic mass is 10.2. The molecular weight excluding hydrogens is 203 g/mol. The lowest BCUT2D eigenvalue weighted by molar-refractivity contribution is -0.274. The van der Waals surface area contributed by atoms with Crippen LogP contribution in [-0.4, -0.2) is 22.4 Å². The van der Waals surface area contributed by atoms with Crippen LogP contribution in [0.5, 0.6) is 5.75 Å². The van der Waals surface area contributed by atoms with Gasteiger partial charge in [0.2, 0.25) is 0 Å². The van der Waals surface area contributed by atoms with Crippen LogP contribution in [0.25, 0.3) is 0 Å². The molecule has 0 atom stereocenters. The van der Waals surface area contributed by atoms with Gasteiger partial charge in [-0.25, -0.2) is 4.79 Å². The van der Waals surface area contributed by atoms with Crippen molar-refractivity contribution in [1.29, 1.82) is 0 Å². The van der Waals surface area contributed by atoms with Gasteiger partial charge in [0, 0.05) is 12.4 Å². The number of carboxylic acids is 1. The minimum atomic E-state index is -4.91. The predicted octanol–water partition coefficient (Wildman–Crippen LogP) is 1.68. The van der Waals surface area contributed by atoms with Crippen LogP contribution in [0.2, 0.25) is 0 Å². The number of aromatic nitrogens is 1. The molecule has 0 aromatic carbocycles. The molecule has 0 aliphatic heterocycles. The Morgan fingerprint density at radius 3 is 2.64 bits per heavy atom. The molecule has 0 unspecified atom stereocenters. The van der Waals surface area contributed by atoms with Gasteiger partial charge in [0.05, 0.1) is 0 Å². The van der Waals surface area contributed by atoms with E-state index in [9.17, 15) is 18.0 Å². The van der Waals surface area contributed by atoms with Crippen molar-refractivity contribution in [2.24, 2.45) is 0 Å². The Morgan fingerprint density at radius 1 is 1.50 bits per heavy atom. The van der Waals surface area contributed by atoms with E-state index in [0.717, 1.165) is 18.5 Å². The Bertz CT molecular complexity index is 350. The smallest absolute Gasteiger partial charge is 0.477 e. The summed E-state index contributed by atoms with van der Waals surface area (Å²) in [6.45, 7) is 0. The molecule has 0 saturated carbocycles. The van der Waals surface area contributed by atoms with E-state index >= 15 is 0 Å². The Labute approximate surface area is 75.9 Å². The summed E-state index contributed by atoms with van der Waals surface area (Å²) in [6.07, 6.45) is -3.12. The van der Waals surface area contributed by atoms with Gasteiger partial charge in [0.25, 0.3) is 0 Å². The van der Waals surface area contributed by atoms with Crippen molar-refractivity contribution in [2.75, 3.05) is 0 Å². The first-order valence-electron chi connectivity index (χ1n) is 3.33. The maximum Gasteiger partial charge on any atom is 0.573 e. The maximum absolute atomic E-state index is 11.7. The van der Waals surface area contributed by atoms with Crippen molar-refractivity contribution in [3.8, 4) is 5.75 Å². The van der Waals surface area contributed by atoms with Gasteiger partial charge in [-0.05, 0) is 6.07 Å². The van der Waals surface area contributed by atoms with Gasteiger partial charge in [0.1, 0.15) is 11.3 Å². The average Bonchev–Trinajstić information content (AvgIpc) is 2.01. The van der Waals surface area contributed by atoms with Crippen molar-refractivity contribution in [3.63, 3.8) is 0 Å². The molecule has 0 fully saturated rings. The number of alkyl halides is 3. The number of rotatable bonds is 2. The fraction of sp³-hybridized carbons (Fsp3) is 0.143. The van der Waals surface area contributed by atoms with Crippen LogP contribution in [0.15, 0.2) is 18.5 Å². The van der Waals surface area contributed by atoms with Gasteiger partial charge >= 0.3 is 12.3 Å². The summed E-state index contributed by atoms with van der Waals surface area (Å²) < 4.78 is 38.7. The predicted molar refractivity (Wildman–Crippen MR) is 37.9 cm³/mol. The summed E-state index contributed by atoms with van der Waals surface area (Å²) in [5, 5.41) is 8.48. The topological polar surface area (TPSA) is 59.4 Å². The number of hydrogen-bond acceptors (Lipinski definition) is 3. The molecule has 7 heteroatoms. The van der Waals surface area contributed by atoms with Crippen molar-refractivity contribution >= 4 is 5.97 Å². The van der Waals surface area contributed by atoms with Crippen molar-refractivity contribution in [1.82, 2.24) is 4.98 Å². The highest BCUT2D eigenvalue weighted by Gasteiger charge is 2.32. The van der Waals surface area contributed by atoms with Crippen molar-refractivity contribution < 1.29 is 27.8 Å². The number of aromatic carboxylic acids is 1. The van der Waals surface area contributed by atoms with E-state index in [1.807, 2.05) is 0 Å². The quantitative estimate of drug-likeness (QED) is 0.801. The van der Waals surface area contributed by atoms with Gasteiger partial charge < -0.3 is 9.84 Å². The Hall–Kier alpha value is -1.79. The third kappa shape index (κ3) is 2.61. The zero-order valence-electron chi connectivity index (χ0n) is 6.58. The second-order valence-corrected chi connectivity index (χ2v) is 2.22. The Balaban J connectivity index is 3.02. The first-order valence-corrected chi connectivity index (χ1v) is 3.33. The summed E-state index contributed by atoms with van der Waals surface area (Å²) in [5.41, 5.74) is -0.634. The van der Waals surface area contributed by atoms with E-state index in [1.165, 1.54) is 0 Å². The van der Waals surface area contributed by atoms with Crippen LogP contribution in [0, 0.1) is 0 Å². The lowest BCUT2D eigenvalue weighted by Gasteiger charge is -2.09. The fourth-order valence-electron chi connectivity index (χ4n) is 0.756. The number of ether oxygens (including phenoxy) is 1. The van der Waals surface area contributed by atoms with E-state index in [4.69, 9.17) is 5.11 Å². The molecule has 0 bridgehead atoms. The third-order valence-corrected chi connectivity index (χ3v) is 1.24. The van der Waals surface area contributed by atoms with Crippen LogP contribution >= 0.6 is 0 Å². The molecule has 0 aliphatic carbocycles. The normalized spacial score (nSPS) is 11.1. The first-order chi connectivity index (χ1) is 6.40. The molecule has 1 heterocycles. The van der Waals surface area contributed by atoms with Crippen molar-refractivity contribution in [2.45, 2.75) is 6.36 Å². The zero-order chi connectivity index (χ0) is 10.8. The molecule has 0 radical (unpaired) electrons. The van der Waals surface area contributed by atoms with Crippen LogP contribution in [-0.2, 0) is 0 Å². The highest BCUT2D eigenvalue weighted by Crippen LogP contribution is 2.25. The number of carbonyl (C=O) groups is 1. The molecule has 0 saturated heterocycles. The van der Waals surface area contributed by atoms with Gasteiger partial charge in [-0.2, -0.15) is 0 Å². The second-order valence-electron chi connectivity index (χ2n) is 2.22. The molecule has 0 aliphatic rings. The molecule has 1 N–H and O–H groups in total. The average molecular weight is 207 g/mol. The molecule has 1 aromatic rings. The maximum atomic E-state index is 11.7. The molecule has 0 spiro atoms. The molecule has 1 rings (SSSR count). The summed E-state index contributed by atoms with van der Waals surface area (Å²) in [5.74, 6) is -2.31. The number of pyridine rings is 1. The van der Waals surface area contributed by atoms with Crippen LogP contribution in [0.1, 0.15) is 10.4 Å². The van der Waals surface area contributed by atoms with E-state index in [2.05, 4.69) is 9.72 Å². The standard InChI is InChI=1S/C7H4F3NO3/c8-7(9,10)14-5-1-2-11-3-4(5)6(12)13/h1-3H,(H,12,13). The van der Waals surface area contributed by atoms with E-state index < -0.39 is 23.6 Å². The summed E-state index contributed by atoms with van der Waals surface area (Å²) >= 11 is 0. The van der Waals surface area contributed by atoms with Crippen LogP contribution in [0.3, 0.4) is 0 Å². The number of hydrogen-bond donors (Lipinski definition) is 1. The van der Waals surface area contributed by atoms with E-state index in [-0.39, 0.29) is 0 Å². The second kappa shape index (κ2) is 3.52. The molecule has 1 aromatic heterocycles. The highest BCUT2D eigenvalue weighted by atomic mass is 19.4. The third-order valence-electron chi connectivity index (χ3n) is 1.24. The Morgan fingerprint density at radius 2 is 2.14 bits per heavy atom. The van der Waals surface area contributed by atoms with Gasteiger partial charge in [-0.15, -0.1) is 13.2 Å². The summed E-state index contributed by atoms with van der Waals surface area (Å²) in [4.78, 5) is 13.8. The molecule has 14 heavy (non-hydrogen) atoms. The van der Waals surface area contributed by atoms with Gasteiger partial charge in [0.15, 0.2) is 0 Å². The zero-order valence-corrected chi connectivity index (χ0v) is 6.58. The van der Waals surface area contributed by atoms with Gasteiger partial charge in [-0.3, -0.25) is 4.98 Å². The number of nitrogens with zero attached hydrogens (tertiary/aromatic N) is 1. The number of halogens is 3. The lowest BCUT2D eigenvalue weighted by Crippen LogP contribution is -2.19. The molecular formula is C7H4F3NO3. The van der Waals surface area contributed by atoms with Crippen LogP contribution in [0.4, 0.5) is 13.2 Å². The van der Waals surface area contributed by atoms with E-state index in [1.54, 1.807) is 0 Å². The largest absolute Gasteiger partial charge is 0.573 e. The van der Waals surface area contributed by atoms with E-state index in [0.29, 0.717) is 0 Å².